The molecule has 104 valence electrons. The molecule has 18 heavy (non-hydrogen) atoms. The maximum absolute atomic E-state index is 9.78. The fourth-order valence-electron chi connectivity index (χ4n) is 1.39. The Labute approximate surface area is 111 Å². The highest BCUT2D eigenvalue weighted by molar-refractivity contribution is 7.07. The van der Waals surface area contributed by atoms with Crippen molar-refractivity contribution in [1.82, 2.24) is 5.32 Å². The lowest BCUT2D eigenvalue weighted by molar-refractivity contribution is 0.0128. The molecule has 0 spiro atoms. The number of aliphatic hydroxyl groups is 2. The number of nitrogens with one attached hydrogen (secondary N) is 1. The summed E-state index contributed by atoms with van der Waals surface area (Å²) in [4.78, 5) is 0. The summed E-state index contributed by atoms with van der Waals surface area (Å²) in [6.07, 6.45) is -1.10. The molecule has 0 fully saturated rings. The van der Waals surface area contributed by atoms with Gasteiger partial charge in [0.25, 0.3) is 0 Å². The van der Waals surface area contributed by atoms with Crippen LogP contribution < -0.4 is 5.32 Å². The Hall–Kier alpha value is -0.500. The molecule has 0 aliphatic carbocycles. The normalized spacial score (nSPS) is 14.6. The van der Waals surface area contributed by atoms with E-state index in [0.717, 1.165) is 5.56 Å². The van der Waals surface area contributed by atoms with Crippen LogP contribution in [-0.4, -0.2) is 56.3 Å². The molecule has 2 atom stereocenters. The average Bonchev–Trinajstić information content (AvgIpc) is 2.88. The monoisotopic (exact) mass is 275 g/mol. The zero-order chi connectivity index (χ0) is 13.2. The molecule has 0 aliphatic heterocycles. The molecule has 0 aliphatic rings. The van der Waals surface area contributed by atoms with E-state index in [1.54, 1.807) is 18.4 Å². The fourth-order valence-corrected chi connectivity index (χ4v) is 2.10. The maximum Gasteiger partial charge on any atom is 0.0922 e. The second-order valence-corrected chi connectivity index (χ2v) is 4.73. The van der Waals surface area contributed by atoms with Crippen LogP contribution >= 0.6 is 11.3 Å². The number of aliphatic hydroxyl groups excluding tert-OH is 2. The van der Waals surface area contributed by atoms with Gasteiger partial charge in [-0.05, 0) is 22.4 Å². The molecular formula is C12H21NO4S. The molecule has 5 nitrogen and oxygen atoms in total. The number of methoxy groups -OCH3 is 1. The van der Waals surface area contributed by atoms with Crippen LogP contribution in [-0.2, 0) is 9.47 Å². The minimum Gasteiger partial charge on any atom is -0.389 e. The molecule has 0 radical (unpaired) electrons. The van der Waals surface area contributed by atoms with E-state index in [-0.39, 0.29) is 6.61 Å². The van der Waals surface area contributed by atoms with Gasteiger partial charge in [0.05, 0.1) is 32.0 Å². The fraction of sp³-hybridized carbons (Fsp3) is 0.667. The second kappa shape index (κ2) is 9.43. The van der Waals surface area contributed by atoms with Crippen LogP contribution in [0.15, 0.2) is 16.8 Å². The molecule has 0 amide bonds. The minimum atomic E-state index is -0.573. The van der Waals surface area contributed by atoms with Crippen molar-refractivity contribution in [1.29, 1.82) is 0 Å². The topological polar surface area (TPSA) is 71.0 Å². The number of ether oxygens (including phenoxy) is 2. The van der Waals surface area contributed by atoms with E-state index in [4.69, 9.17) is 9.47 Å². The quantitative estimate of drug-likeness (QED) is 0.539. The van der Waals surface area contributed by atoms with Crippen molar-refractivity contribution in [3.8, 4) is 0 Å². The van der Waals surface area contributed by atoms with Crippen LogP contribution in [0.3, 0.4) is 0 Å². The number of hydrogen-bond acceptors (Lipinski definition) is 6. The largest absolute Gasteiger partial charge is 0.389 e. The van der Waals surface area contributed by atoms with Gasteiger partial charge >= 0.3 is 0 Å². The molecule has 1 rings (SSSR count). The van der Waals surface area contributed by atoms with E-state index in [1.165, 1.54) is 0 Å². The highest BCUT2D eigenvalue weighted by Gasteiger charge is 2.09. The zero-order valence-electron chi connectivity index (χ0n) is 10.5. The third-order valence-electron chi connectivity index (χ3n) is 2.39. The van der Waals surface area contributed by atoms with E-state index in [9.17, 15) is 10.2 Å². The summed E-state index contributed by atoms with van der Waals surface area (Å²) in [5, 5.41) is 26.2. The van der Waals surface area contributed by atoms with Crippen LogP contribution in [0.2, 0.25) is 0 Å². The first kappa shape index (κ1) is 15.6. The third-order valence-corrected chi connectivity index (χ3v) is 3.09. The van der Waals surface area contributed by atoms with Crippen LogP contribution in [0.25, 0.3) is 0 Å². The van der Waals surface area contributed by atoms with Gasteiger partial charge in [-0.1, -0.05) is 0 Å². The van der Waals surface area contributed by atoms with Crippen molar-refractivity contribution in [2.75, 3.05) is 40.0 Å². The first-order chi connectivity index (χ1) is 8.74. The van der Waals surface area contributed by atoms with Gasteiger partial charge in [-0.15, -0.1) is 0 Å². The minimum absolute atomic E-state index is 0.269. The van der Waals surface area contributed by atoms with E-state index in [2.05, 4.69) is 5.32 Å². The predicted molar refractivity (Wildman–Crippen MR) is 70.9 cm³/mol. The molecule has 0 saturated carbocycles. The summed E-state index contributed by atoms with van der Waals surface area (Å²) in [5.41, 5.74) is 0.901. The van der Waals surface area contributed by atoms with E-state index < -0.39 is 12.2 Å². The number of rotatable bonds is 10. The summed E-state index contributed by atoms with van der Waals surface area (Å²) in [6.45, 7) is 2.09. The molecular weight excluding hydrogens is 254 g/mol. The first-order valence-corrected chi connectivity index (χ1v) is 6.84. The summed E-state index contributed by atoms with van der Waals surface area (Å²) < 4.78 is 10.0. The van der Waals surface area contributed by atoms with Crippen molar-refractivity contribution in [3.63, 3.8) is 0 Å². The van der Waals surface area contributed by atoms with Gasteiger partial charge in [0.2, 0.25) is 0 Å². The van der Waals surface area contributed by atoms with Crippen molar-refractivity contribution in [2.24, 2.45) is 0 Å². The molecule has 2 unspecified atom stereocenters. The average molecular weight is 275 g/mol. The summed E-state index contributed by atoms with van der Waals surface area (Å²) >= 11 is 1.55. The van der Waals surface area contributed by atoms with E-state index in [1.807, 2.05) is 16.8 Å². The zero-order valence-corrected chi connectivity index (χ0v) is 11.4. The smallest absolute Gasteiger partial charge is 0.0922 e. The van der Waals surface area contributed by atoms with Gasteiger partial charge in [0.15, 0.2) is 0 Å². The van der Waals surface area contributed by atoms with Gasteiger partial charge in [0, 0.05) is 20.2 Å². The SMILES string of the molecule is COCCOCC(O)CNCC(O)c1ccsc1. The van der Waals surface area contributed by atoms with Crippen LogP contribution in [0.1, 0.15) is 11.7 Å². The molecule has 0 bridgehead atoms. The maximum atomic E-state index is 9.78. The van der Waals surface area contributed by atoms with Crippen molar-refractivity contribution in [2.45, 2.75) is 12.2 Å². The molecule has 1 heterocycles. The number of thiophene rings is 1. The van der Waals surface area contributed by atoms with Crippen LogP contribution in [0.5, 0.6) is 0 Å². The Morgan fingerprint density at radius 2 is 2.17 bits per heavy atom. The van der Waals surface area contributed by atoms with Gasteiger partial charge < -0.3 is 25.0 Å². The Balaban J connectivity index is 2.03. The second-order valence-electron chi connectivity index (χ2n) is 3.95. The lowest BCUT2D eigenvalue weighted by atomic mass is 10.2. The number of hydrogen-bond donors (Lipinski definition) is 3. The van der Waals surface area contributed by atoms with Gasteiger partial charge in [-0.3, -0.25) is 0 Å². The first-order valence-electron chi connectivity index (χ1n) is 5.89. The molecule has 1 aromatic heterocycles. The van der Waals surface area contributed by atoms with E-state index >= 15 is 0 Å². The Morgan fingerprint density at radius 3 is 2.83 bits per heavy atom. The molecule has 3 N–H and O–H groups in total. The van der Waals surface area contributed by atoms with Crippen molar-refractivity contribution >= 4 is 11.3 Å². The summed E-state index contributed by atoms with van der Waals surface area (Å²) in [6, 6.07) is 1.89. The van der Waals surface area contributed by atoms with E-state index in [0.29, 0.717) is 26.3 Å². The molecule has 0 saturated heterocycles. The summed E-state index contributed by atoms with van der Waals surface area (Å²) in [7, 11) is 1.60. The lowest BCUT2D eigenvalue weighted by Gasteiger charge is -2.14. The van der Waals surface area contributed by atoms with Crippen LogP contribution in [0, 0.1) is 0 Å². The van der Waals surface area contributed by atoms with Gasteiger partial charge in [0.1, 0.15) is 0 Å². The third kappa shape index (κ3) is 6.44. The molecule has 6 heteroatoms. The highest BCUT2D eigenvalue weighted by atomic mass is 32.1. The Bertz CT molecular complexity index is 294. The molecule has 0 aromatic carbocycles. The Kier molecular flexibility index (Phi) is 8.15. The van der Waals surface area contributed by atoms with Gasteiger partial charge in [-0.25, -0.2) is 0 Å². The molecule has 1 aromatic rings. The van der Waals surface area contributed by atoms with Crippen molar-refractivity contribution in [3.05, 3.63) is 22.4 Å². The van der Waals surface area contributed by atoms with Gasteiger partial charge in [-0.2, -0.15) is 11.3 Å². The lowest BCUT2D eigenvalue weighted by Crippen LogP contribution is -2.33. The van der Waals surface area contributed by atoms with Crippen LogP contribution in [0.4, 0.5) is 0 Å². The summed E-state index contributed by atoms with van der Waals surface area (Å²) in [5.74, 6) is 0. The van der Waals surface area contributed by atoms with Crippen molar-refractivity contribution < 1.29 is 19.7 Å². The highest BCUT2D eigenvalue weighted by Crippen LogP contribution is 2.14. The Morgan fingerprint density at radius 1 is 1.33 bits per heavy atom. The standard InChI is InChI=1S/C12H21NO4S/c1-16-3-4-17-8-11(14)6-13-7-12(15)10-2-5-18-9-10/h2,5,9,11-15H,3-4,6-8H2,1H3. The predicted octanol–water partition coefficient (Wildman–Crippen LogP) is 0.395.